The molecule has 0 aromatic rings. The van der Waals surface area contributed by atoms with E-state index in [1.807, 2.05) is 20.0 Å². The Morgan fingerprint density at radius 3 is 2.42 bits per heavy atom. The number of rotatable bonds is 3. The maximum absolute atomic E-state index is 11.3. The van der Waals surface area contributed by atoms with Gasteiger partial charge in [-0.15, -0.1) is 0 Å². The summed E-state index contributed by atoms with van der Waals surface area (Å²) in [6, 6.07) is 0. The van der Waals surface area contributed by atoms with Crippen LogP contribution in [0.25, 0.3) is 0 Å². The number of allylic oxidation sites excluding steroid dienone is 1. The third-order valence-corrected chi connectivity index (χ3v) is 6.88. The molecule has 2 nitrogen and oxygen atoms in total. The third-order valence-electron chi connectivity index (χ3n) is 1.45. The van der Waals surface area contributed by atoms with Crippen molar-refractivity contribution in [1.82, 2.24) is 0 Å². The Bertz CT molecular complexity index is 199. The maximum atomic E-state index is 11.3. The maximum Gasteiger partial charge on any atom is 0.320 e. The number of alkyl halides is 1. The van der Waals surface area contributed by atoms with Crippen LogP contribution in [0.4, 0.5) is 0 Å². The molecule has 0 bridgehead atoms. The van der Waals surface area contributed by atoms with E-state index in [0.717, 1.165) is 4.95 Å². The molecule has 0 N–H and O–H groups in total. The minimum absolute atomic E-state index is 0.186. The van der Waals surface area contributed by atoms with Crippen molar-refractivity contribution in [3.8, 4) is 0 Å². The Kier molecular flexibility index (Phi) is 4.78. The molecule has 0 saturated carbocycles. The van der Waals surface area contributed by atoms with Gasteiger partial charge in [0.1, 0.15) is 0 Å². The minimum Gasteiger partial charge on any atom is -0.516 e. The van der Waals surface area contributed by atoms with Crippen LogP contribution >= 0.6 is 15.9 Å². The first-order valence-corrected chi connectivity index (χ1v) is 8.09. The molecule has 0 radical (unpaired) electrons. The van der Waals surface area contributed by atoms with Crippen molar-refractivity contribution in [2.24, 2.45) is 0 Å². The van der Waals surface area contributed by atoms with Gasteiger partial charge in [-0.3, -0.25) is 0 Å². The zero-order valence-corrected chi connectivity index (χ0v) is 10.6. The van der Waals surface area contributed by atoms with E-state index in [4.69, 9.17) is 4.43 Å². The number of carbonyl (C=O) groups is 1. The standard InChI is InChI=1S/C8H15BrO2Si/c1-5-7(2)8(10)11-12(3,4)6-9/h5H,6H2,1-4H3/b7-5+. The van der Waals surface area contributed by atoms with Crippen molar-refractivity contribution in [2.75, 3.05) is 4.95 Å². The van der Waals surface area contributed by atoms with Gasteiger partial charge < -0.3 is 4.43 Å². The SMILES string of the molecule is C/C=C(\C)C(=O)O[Si](C)(C)CBr. The third kappa shape index (κ3) is 4.06. The summed E-state index contributed by atoms with van der Waals surface area (Å²) in [5.74, 6) is -0.186. The lowest BCUT2D eigenvalue weighted by Crippen LogP contribution is -2.35. The van der Waals surface area contributed by atoms with E-state index in [9.17, 15) is 4.79 Å². The van der Waals surface area contributed by atoms with Crippen LogP contribution in [-0.2, 0) is 9.22 Å². The summed E-state index contributed by atoms with van der Waals surface area (Å²) in [5, 5.41) is 0. The molecule has 0 aliphatic rings. The lowest BCUT2D eigenvalue weighted by molar-refractivity contribution is -0.130. The zero-order chi connectivity index (χ0) is 9.78. The predicted octanol–water partition coefficient (Wildman–Crippen LogP) is 2.64. The summed E-state index contributed by atoms with van der Waals surface area (Å²) in [5.41, 5.74) is 0.677. The number of hydrogen-bond acceptors (Lipinski definition) is 2. The highest BCUT2D eigenvalue weighted by molar-refractivity contribution is 9.09. The fourth-order valence-electron chi connectivity index (χ4n) is 0.477. The highest BCUT2D eigenvalue weighted by atomic mass is 79.9. The topological polar surface area (TPSA) is 26.3 Å². The summed E-state index contributed by atoms with van der Waals surface area (Å²) in [6.45, 7) is 7.60. The largest absolute Gasteiger partial charge is 0.516 e. The van der Waals surface area contributed by atoms with Gasteiger partial charge in [0, 0.05) is 10.5 Å². The van der Waals surface area contributed by atoms with Gasteiger partial charge in [0.15, 0.2) is 0 Å². The molecule has 0 aromatic heterocycles. The first-order chi connectivity index (χ1) is 5.43. The minimum atomic E-state index is -1.79. The quantitative estimate of drug-likeness (QED) is 0.438. The second kappa shape index (κ2) is 4.82. The molecule has 0 aliphatic carbocycles. The molecule has 0 rings (SSSR count). The van der Waals surface area contributed by atoms with Crippen molar-refractivity contribution in [3.05, 3.63) is 11.6 Å². The Labute approximate surface area is 83.3 Å². The van der Waals surface area contributed by atoms with Crippen LogP contribution in [0.5, 0.6) is 0 Å². The molecule has 4 heteroatoms. The fraction of sp³-hybridized carbons (Fsp3) is 0.625. The van der Waals surface area contributed by atoms with Crippen molar-refractivity contribution in [1.29, 1.82) is 0 Å². The second-order valence-corrected chi connectivity index (χ2v) is 8.93. The van der Waals surface area contributed by atoms with Gasteiger partial charge in [-0.1, -0.05) is 22.0 Å². The van der Waals surface area contributed by atoms with E-state index in [-0.39, 0.29) is 5.97 Å². The van der Waals surface area contributed by atoms with E-state index in [2.05, 4.69) is 15.9 Å². The average molecular weight is 251 g/mol. The van der Waals surface area contributed by atoms with Crippen molar-refractivity contribution in [3.63, 3.8) is 0 Å². The van der Waals surface area contributed by atoms with Gasteiger partial charge >= 0.3 is 5.97 Å². The molecule has 0 unspecified atom stereocenters. The smallest absolute Gasteiger partial charge is 0.320 e. The molecular weight excluding hydrogens is 236 g/mol. The highest BCUT2D eigenvalue weighted by Crippen LogP contribution is 2.10. The van der Waals surface area contributed by atoms with E-state index >= 15 is 0 Å². The van der Waals surface area contributed by atoms with Crippen LogP contribution in [0, 0.1) is 0 Å². The monoisotopic (exact) mass is 250 g/mol. The highest BCUT2D eigenvalue weighted by Gasteiger charge is 2.25. The van der Waals surface area contributed by atoms with Gasteiger partial charge in [0.25, 0.3) is 8.32 Å². The van der Waals surface area contributed by atoms with Crippen LogP contribution in [0.2, 0.25) is 13.1 Å². The van der Waals surface area contributed by atoms with Crippen LogP contribution < -0.4 is 0 Å². The fourth-order valence-corrected chi connectivity index (χ4v) is 1.54. The number of hydrogen-bond donors (Lipinski definition) is 0. The molecule has 70 valence electrons. The lowest BCUT2D eigenvalue weighted by atomic mass is 10.3. The summed E-state index contributed by atoms with van der Waals surface area (Å²) in [4.78, 5) is 12.1. The summed E-state index contributed by atoms with van der Waals surface area (Å²) in [7, 11) is -1.79. The number of halogens is 1. The van der Waals surface area contributed by atoms with Crippen LogP contribution in [-0.4, -0.2) is 19.2 Å². The first kappa shape index (κ1) is 11.9. The van der Waals surface area contributed by atoms with Gasteiger partial charge in [-0.2, -0.15) is 0 Å². The zero-order valence-electron chi connectivity index (χ0n) is 7.98. The molecular formula is C8H15BrO2Si. The second-order valence-electron chi connectivity index (χ2n) is 3.25. The molecule has 12 heavy (non-hydrogen) atoms. The Morgan fingerprint density at radius 2 is 2.08 bits per heavy atom. The summed E-state index contributed by atoms with van der Waals surface area (Å²) in [6.07, 6.45) is 1.76. The van der Waals surface area contributed by atoms with Gasteiger partial charge in [0.05, 0.1) is 0 Å². The Balaban J connectivity index is 4.19. The molecule has 0 amide bonds. The summed E-state index contributed by atoms with van der Waals surface area (Å²) >= 11 is 3.34. The van der Waals surface area contributed by atoms with E-state index in [0.29, 0.717) is 5.57 Å². The van der Waals surface area contributed by atoms with Gasteiger partial charge in [-0.05, 0) is 26.9 Å². The van der Waals surface area contributed by atoms with Gasteiger partial charge in [-0.25, -0.2) is 4.79 Å². The number of carbonyl (C=O) groups excluding carboxylic acids is 1. The molecule has 0 heterocycles. The average Bonchev–Trinajstić information content (AvgIpc) is 2.02. The molecule has 0 spiro atoms. The van der Waals surface area contributed by atoms with Crippen LogP contribution in [0.1, 0.15) is 13.8 Å². The van der Waals surface area contributed by atoms with Crippen LogP contribution in [0.15, 0.2) is 11.6 Å². The van der Waals surface area contributed by atoms with Gasteiger partial charge in [0.2, 0.25) is 0 Å². The molecule has 0 atom stereocenters. The molecule has 0 aliphatic heterocycles. The van der Waals surface area contributed by atoms with E-state index < -0.39 is 8.32 Å². The van der Waals surface area contributed by atoms with E-state index in [1.165, 1.54) is 0 Å². The molecule has 0 fully saturated rings. The lowest BCUT2D eigenvalue weighted by Gasteiger charge is -2.19. The van der Waals surface area contributed by atoms with Crippen molar-refractivity contribution >= 4 is 30.2 Å². The Morgan fingerprint density at radius 1 is 1.58 bits per heavy atom. The van der Waals surface area contributed by atoms with E-state index in [1.54, 1.807) is 13.0 Å². The Hall–Kier alpha value is -0.0931. The summed E-state index contributed by atoms with van der Waals surface area (Å²) < 4.78 is 5.32. The molecule has 0 aromatic carbocycles. The molecule has 0 saturated heterocycles. The van der Waals surface area contributed by atoms with Crippen molar-refractivity contribution in [2.45, 2.75) is 26.9 Å². The van der Waals surface area contributed by atoms with Crippen molar-refractivity contribution < 1.29 is 9.22 Å². The first-order valence-electron chi connectivity index (χ1n) is 3.85. The van der Waals surface area contributed by atoms with Crippen LogP contribution in [0.3, 0.4) is 0 Å². The predicted molar refractivity (Wildman–Crippen MR) is 56.8 cm³/mol. The normalized spacial score (nSPS) is 12.9.